The summed E-state index contributed by atoms with van der Waals surface area (Å²) in [6.45, 7) is 1.65. The molecular weight excluding hydrogens is 183 g/mol. The summed E-state index contributed by atoms with van der Waals surface area (Å²) in [5, 5.41) is 10.3. The SMILES string of the molecule is CC(O)c1cc(Cl)ccc1Cl. The Morgan fingerprint density at radius 2 is 2.00 bits per heavy atom. The summed E-state index contributed by atoms with van der Waals surface area (Å²) in [5.41, 5.74) is 0.666. The summed E-state index contributed by atoms with van der Waals surface area (Å²) in [6.07, 6.45) is -0.568. The van der Waals surface area contributed by atoms with Crippen molar-refractivity contribution in [2.24, 2.45) is 0 Å². The lowest BCUT2D eigenvalue weighted by atomic mass is 10.1. The summed E-state index contributed by atoms with van der Waals surface area (Å²) in [4.78, 5) is 0. The minimum Gasteiger partial charge on any atom is -0.389 e. The Labute approximate surface area is 75.6 Å². The van der Waals surface area contributed by atoms with Gasteiger partial charge in [0, 0.05) is 15.6 Å². The molecule has 1 aromatic rings. The third kappa shape index (κ3) is 2.09. The Balaban J connectivity index is 3.13. The van der Waals surface area contributed by atoms with Crippen molar-refractivity contribution >= 4 is 23.2 Å². The highest BCUT2D eigenvalue weighted by Gasteiger charge is 2.05. The van der Waals surface area contributed by atoms with Crippen molar-refractivity contribution in [2.45, 2.75) is 13.0 Å². The summed E-state index contributed by atoms with van der Waals surface area (Å²) < 4.78 is 0. The van der Waals surface area contributed by atoms with Gasteiger partial charge in [-0.05, 0) is 25.1 Å². The van der Waals surface area contributed by atoms with Crippen LogP contribution in [0.4, 0.5) is 0 Å². The fourth-order valence-electron chi connectivity index (χ4n) is 0.835. The number of hydrogen-bond acceptors (Lipinski definition) is 1. The molecule has 1 rings (SSSR count). The molecule has 1 aromatic carbocycles. The lowest BCUT2D eigenvalue weighted by Crippen LogP contribution is -1.91. The summed E-state index contributed by atoms with van der Waals surface area (Å²) in [6, 6.07) is 5.02. The van der Waals surface area contributed by atoms with Gasteiger partial charge in [0.05, 0.1) is 6.10 Å². The largest absolute Gasteiger partial charge is 0.389 e. The van der Waals surface area contributed by atoms with Crippen LogP contribution in [0.1, 0.15) is 18.6 Å². The number of hydrogen-bond donors (Lipinski definition) is 1. The van der Waals surface area contributed by atoms with Crippen LogP contribution in [-0.4, -0.2) is 5.11 Å². The maximum absolute atomic E-state index is 9.19. The Bertz CT molecular complexity index is 258. The van der Waals surface area contributed by atoms with Gasteiger partial charge in [0.15, 0.2) is 0 Å². The topological polar surface area (TPSA) is 20.2 Å². The fraction of sp³-hybridized carbons (Fsp3) is 0.250. The molecule has 0 aliphatic carbocycles. The van der Waals surface area contributed by atoms with E-state index in [-0.39, 0.29) is 0 Å². The molecule has 0 aliphatic rings. The van der Waals surface area contributed by atoms with Gasteiger partial charge in [0.25, 0.3) is 0 Å². The van der Waals surface area contributed by atoms with Gasteiger partial charge in [0.2, 0.25) is 0 Å². The van der Waals surface area contributed by atoms with Crippen LogP contribution in [0.25, 0.3) is 0 Å². The summed E-state index contributed by atoms with van der Waals surface area (Å²) >= 11 is 11.5. The molecule has 60 valence electrons. The first kappa shape index (κ1) is 8.85. The summed E-state index contributed by atoms with van der Waals surface area (Å²) in [7, 11) is 0. The quantitative estimate of drug-likeness (QED) is 0.723. The maximum Gasteiger partial charge on any atom is 0.0776 e. The molecule has 0 saturated carbocycles. The van der Waals surface area contributed by atoms with Gasteiger partial charge < -0.3 is 5.11 Å². The van der Waals surface area contributed by atoms with E-state index in [1.807, 2.05) is 0 Å². The molecule has 0 bridgehead atoms. The predicted octanol–water partition coefficient (Wildman–Crippen LogP) is 3.05. The highest BCUT2D eigenvalue weighted by Crippen LogP contribution is 2.25. The van der Waals surface area contributed by atoms with E-state index in [1.165, 1.54) is 0 Å². The number of aliphatic hydroxyl groups excluding tert-OH is 1. The zero-order chi connectivity index (χ0) is 8.43. The Hall–Kier alpha value is -0.240. The molecule has 0 amide bonds. The molecule has 0 radical (unpaired) electrons. The van der Waals surface area contributed by atoms with E-state index in [2.05, 4.69) is 0 Å². The van der Waals surface area contributed by atoms with Crippen molar-refractivity contribution in [3.8, 4) is 0 Å². The number of halogens is 2. The fourth-order valence-corrected chi connectivity index (χ4v) is 1.29. The first-order valence-corrected chi connectivity index (χ1v) is 4.00. The Morgan fingerprint density at radius 1 is 1.36 bits per heavy atom. The van der Waals surface area contributed by atoms with E-state index in [0.717, 1.165) is 0 Å². The van der Waals surface area contributed by atoms with Gasteiger partial charge in [-0.1, -0.05) is 23.2 Å². The van der Waals surface area contributed by atoms with Crippen molar-refractivity contribution in [3.63, 3.8) is 0 Å². The van der Waals surface area contributed by atoms with Crippen molar-refractivity contribution < 1.29 is 5.11 Å². The molecule has 1 unspecified atom stereocenters. The minimum absolute atomic E-state index is 0.546. The van der Waals surface area contributed by atoms with E-state index in [0.29, 0.717) is 15.6 Å². The van der Waals surface area contributed by atoms with E-state index >= 15 is 0 Å². The zero-order valence-electron chi connectivity index (χ0n) is 6.01. The van der Waals surface area contributed by atoms with Crippen molar-refractivity contribution in [1.29, 1.82) is 0 Å². The lowest BCUT2D eigenvalue weighted by molar-refractivity contribution is 0.199. The van der Waals surface area contributed by atoms with Crippen LogP contribution in [0.5, 0.6) is 0 Å². The van der Waals surface area contributed by atoms with Crippen molar-refractivity contribution in [1.82, 2.24) is 0 Å². The molecule has 1 atom stereocenters. The number of rotatable bonds is 1. The van der Waals surface area contributed by atoms with Crippen molar-refractivity contribution in [3.05, 3.63) is 33.8 Å². The highest BCUT2D eigenvalue weighted by atomic mass is 35.5. The molecule has 0 aliphatic heterocycles. The van der Waals surface area contributed by atoms with E-state index < -0.39 is 6.10 Å². The smallest absolute Gasteiger partial charge is 0.0776 e. The summed E-state index contributed by atoms with van der Waals surface area (Å²) in [5.74, 6) is 0. The molecule has 0 spiro atoms. The third-order valence-corrected chi connectivity index (χ3v) is 1.99. The number of benzene rings is 1. The standard InChI is InChI=1S/C8H8Cl2O/c1-5(11)7-4-6(9)2-3-8(7)10/h2-5,11H,1H3. The second-order valence-corrected chi connectivity index (χ2v) is 3.19. The molecule has 1 nitrogen and oxygen atoms in total. The average molecular weight is 191 g/mol. The van der Waals surface area contributed by atoms with Crippen LogP contribution in [-0.2, 0) is 0 Å². The van der Waals surface area contributed by atoms with Gasteiger partial charge in [-0.15, -0.1) is 0 Å². The minimum atomic E-state index is -0.568. The van der Waals surface area contributed by atoms with Gasteiger partial charge >= 0.3 is 0 Å². The molecular formula is C8H8Cl2O. The van der Waals surface area contributed by atoms with E-state index in [9.17, 15) is 5.11 Å². The van der Waals surface area contributed by atoms with Crippen LogP contribution < -0.4 is 0 Å². The molecule has 0 heterocycles. The maximum atomic E-state index is 9.19. The van der Waals surface area contributed by atoms with Crippen LogP contribution in [0.3, 0.4) is 0 Å². The lowest BCUT2D eigenvalue weighted by Gasteiger charge is -2.06. The third-order valence-electron chi connectivity index (χ3n) is 1.41. The van der Waals surface area contributed by atoms with Crippen LogP contribution in [0, 0.1) is 0 Å². The molecule has 3 heteroatoms. The first-order valence-electron chi connectivity index (χ1n) is 3.24. The Morgan fingerprint density at radius 3 is 2.45 bits per heavy atom. The van der Waals surface area contributed by atoms with Gasteiger partial charge in [-0.25, -0.2) is 0 Å². The van der Waals surface area contributed by atoms with Crippen molar-refractivity contribution in [2.75, 3.05) is 0 Å². The van der Waals surface area contributed by atoms with Crippen LogP contribution >= 0.6 is 23.2 Å². The molecule has 0 fully saturated rings. The van der Waals surface area contributed by atoms with Crippen LogP contribution in [0.2, 0.25) is 10.0 Å². The van der Waals surface area contributed by atoms with Gasteiger partial charge in [0.1, 0.15) is 0 Å². The first-order chi connectivity index (χ1) is 5.11. The zero-order valence-corrected chi connectivity index (χ0v) is 7.52. The molecule has 11 heavy (non-hydrogen) atoms. The highest BCUT2D eigenvalue weighted by molar-refractivity contribution is 6.33. The van der Waals surface area contributed by atoms with Crippen LogP contribution in [0.15, 0.2) is 18.2 Å². The average Bonchev–Trinajstić information content (AvgIpc) is 1.94. The molecule has 1 N–H and O–H groups in total. The normalized spacial score (nSPS) is 13.1. The second-order valence-electron chi connectivity index (χ2n) is 2.34. The van der Waals surface area contributed by atoms with Gasteiger partial charge in [-0.3, -0.25) is 0 Å². The monoisotopic (exact) mass is 190 g/mol. The van der Waals surface area contributed by atoms with E-state index in [1.54, 1.807) is 25.1 Å². The van der Waals surface area contributed by atoms with Gasteiger partial charge in [-0.2, -0.15) is 0 Å². The molecule has 0 aromatic heterocycles. The predicted molar refractivity (Wildman–Crippen MR) is 47.1 cm³/mol. The Kier molecular flexibility index (Phi) is 2.77. The van der Waals surface area contributed by atoms with E-state index in [4.69, 9.17) is 23.2 Å². The number of aliphatic hydroxyl groups is 1. The second kappa shape index (κ2) is 3.44. The molecule has 0 saturated heterocycles.